The maximum absolute atomic E-state index is 11.0. The monoisotopic (exact) mass is 187 g/mol. The third-order valence-corrected chi connectivity index (χ3v) is 1.91. The highest BCUT2D eigenvalue weighted by atomic mass is 16.1. The van der Waals surface area contributed by atoms with E-state index in [4.69, 9.17) is 6.42 Å². The summed E-state index contributed by atoms with van der Waals surface area (Å²) in [6.45, 7) is 0.472. The topological polar surface area (TPSA) is 60.7 Å². The molecule has 0 aliphatic heterocycles. The van der Waals surface area contributed by atoms with Crippen molar-refractivity contribution in [1.82, 2.24) is 9.97 Å². The highest BCUT2D eigenvalue weighted by Crippen LogP contribution is 2.13. The summed E-state index contributed by atoms with van der Waals surface area (Å²) in [5.74, 6) is 2.48. The van der Waals surface area contributed by atoms with Crippen LogP contribution in [0, 0.1) is 12.3 Å². The smallest absolute Gasteiger partial charge is 0.323 e. The molecule has 0 spiro atoms. The van der Waals surface area contributed by atoms with Crippen molar-refractivity contribution in [3.63, 3.8) is 0 Å². The van der Waals surface area contributed by atoms with Gasteiger partial charge < -0.3 is 15.3 Å². The van der Waals surface area contributed by atoms with Crippen molar-refractivity contribution in [2.24, 2.45) is 0 Å². The number of hydrogen-bond acceptors (Lipinski definition) is 2. The number of fused-ring (bicyclic) bond motifs is 1. The maximum Gasteiger partial charge on any atom is 0.323 e. The lowest BCUT2D eigenvalue weighted by Crippen LogP contribution is -1.99. The summed E-state index contributed by atoms with van der Waals surface area (Å²) in [6.07, 6.45) is 5.12. The van der Waals surface area contributed by atoms with Gasteiger partial charge in [-0.25, -0.2) is 4.79 Å². The SMILES string of the molecule is C#CCNc1ccc2[nH]c(=O)[nH]c2c1. The average molecular weight is 187 g/mol. The first-order chi connectivity index (χ1) is 6.79. The lowest BCUT2D eigenvalue weighted by molar-refractivity contribution is 1.21. The molecule has 70 valence electrons. The molecule has 1 aromatic carbocycles. The van der Waals surface area contributed by atoms with Crippen LogP contribution in [0.1, 0.15) is 0 Å². The van der Waals surface area contributed by atoms with Crippen molar-refractivity contribution in [2.75, 3.05) is 11.9 Å². The Morgan fingerprint density at radius 1 is 1.36 bits per heavy atom. The van der Waals surface area contributed by atoms with Crippen LogP contribution < -0.4 is 11.0 Å². The molecule has 1 heterocycles. The molecular weight excluding hydrogens is 178 g/mol. The Labute approximate surface area is 80.3 Å². The Bertz CT molecular complexity index is 544. The molecule has 0 unspecified atom stereocenters. The number of nitrogens with one attached hydrogen (secondary N) is 3. The number of H-pyrrole nitrogens is 2. The first-order valence-electron chi connectivity index (χ1n) is 4.19. The van der Waals surface area contributed by atoms with Gasteiger partial charge in [-0.3, -0.25) is 0 Å². The predicted molar refractivity (Wildman–Crippen MR) is 56.2 cm³/mol. The molecule has 4 nitrogen and oxygen atoms in total. The van der Waals surface area contributed by atoms with Crippen LogP contribution in [-0.4, -0.2) is 16.5 Å². The third-order valence-electron chi connectivity index (χ3n) is 1.91. The molecule has 0 aliphatic rings. The second kappa shape index (κ2) is 3.30. The highest BCUT2D eigenvalue weighted by Gasteiger charge is 1.98. The standard InChI is InChI=1S/C10H9N3O/c1-2-5-11-7-3-4-8-9(6-7)13-10(14)12-8/h1,3-4,6,11H,5H2,(H2,12,13,14). The van der Waals surface area contributed by atoms with E-state index in [2.05, 4.69) is 21.2 Å². The van der Waals surface area contributed by atoms with Crippen LogP contribution in [0.15, 0.2) is 23.0 Å². The average Bonchev–Trinajstić information content (AvgIpc) is 2.54. The molecule has 0 saturated heterocycles. The molecule has 0 aliphatic carbocycles. The van der Waals surface area contributed by atoms with E-state index >= 15 is 0 Å². The van der Waals surface area contributed by atoms with Gasteiger partial charge in [0.25, 0.3) is 0 Å². The third kappa shape index (κ3) is 1.48. The van der Waals surface area contributed by atoms with Crippen molar-refractivity contribution in [3.05, 3.63) is 28.7 Å². The second-order valence-electron chi connectivity index (χ2n) is 2.90. The fourth-order valence-corrected chi connectivity index (χ4v) is 1.30. The Morgan fingerprint density at radius 3 is 2.93 bits per heavy atom. The molecule has 0 radical (unpaired) electrons. The summed E-state index contributed by atoms with van der Waals surface area (Å²) in [6, 6.07) is 5.53. The summed E-state index contributed by atoms with van der Waals surface area (Å²) in [4.78, 5) is 16.3. The van der Waals surface area contributed by atoms with Gasteiger partial charge in [0.15, 0.2) is 0 Å². The van der Waals surface area contributed by atoms with Gasteiger partial charge in [0.05, 0.1) is 17.6 Å². The van der Waals surface area contributed by atoms with Gasteiger partial charge in [-0.2, -0.15) is 0 Å². The number of hydrogen-bond donors (Lipinski definition) is 3. The van der Waals surface area contributed by atoms with E-state index in [1.807, 2.05) is 18.2 Å². The number of rotatable bonds is 2. The van der Waals surface area contributed by atoms with Crippen molar-refractivity contribution < 1.29 is 0 Å². The summed E-state index contributed by atoms with van der Waals surface area (Å²) < 4.78 is 0. The van der Waals surface area contributed by atoms with Crippen LogP contribution >= 0.6 is 0 Å². The van der Waals surface area contributed by atoms with Crippen LogP contribution in [0.25, 0.3) is 11.0 Å². The molecule has 3 N–H and O–H groups in total. The lowest BCUT2D eigenvalue weighted by atomic mass is 10.3. The largest absolute Gasteiger partial charge is 0.374 e. The van der Waals surface area contributed by atoms with Crippen molar-refractivity contribution in [1.29, 1.82) is 0 Å². The van der Waals surface area contributed by atoms with Gasteiger partial charge in [-0.05, 0) is 18.2 Å². The van der Waals surface area contributed by atoms with Gasteiger partial charge in [-0.15, -0.1) is 6.42 Å². The number of benzene rings is 1. The van der Waals surface area contributed by atoms with Crippen molar-refractivity contribution in [2.45, 2.75) is 0 Å². The predicted octanol–water partition coefficient (Wildman–Crippen LogP) is 0.901. The molecule has 0 bridgehead atoms. The van der Waals surface area contributed by atoms with E-state index in [-0.39, 0.29) is 5.69 Å². The molecule has 1 aromatic heterocycles. The van der Waals surface area contributed by atoms with Crippen molar-refractivity contribution in [3.8, 4) is 12.3 Å². The minimum Gasteiger partial charge on any atom is -0.374 e. The summed E-state index contributed by atoms with van der Waals surface area (Å²) >= 11 is 0. The minimum atomic E-state index is -0.200. The fourth-order valence-electron chi connectivity index (χ4n) is 1.30. The molecule has 0 atom stereocenters. The summed E-state index contributed by atoms with van der Waals surface area (Å²) in [7, 11) is 0. The van der Waals surface area contributed by atoms with E-state index in [0.29, 0.717) is 6.54 Å². The molecule has 0 fully saturated rings. The summed E-state index contributed by atoms with van der Waals surface area (Å²) in [5.41, 5.74) is 2.26. The van der Waals surface area contributed by atoms with Crippen molar-refractivity contribution >= 4 is 16.7 Å². The first kappa shape index (κ1) is 8.45. The van der Waals surface area contributed by atoms with Crippen LogP contribution in [0.3, 0.4) is 0 Å². The van der Waals surface area contributed by atoms with Crippen LogP contribution in [0.2, 0.25) is 0 Å². The zero-order chi connectivity index (χ0) is 9.97. The van der Waals surface area contributed by atoms with Gasteiger partial charge >= 0.3 is 5.69 Å². The maximum atomic E-state index is 11.0. The Balaban J connectivity index is 2.41. The first-order valence-corrected chi connectivity index (χ1v) is 4.19. The van der Waals surface area contributed by atoms with E-state index < -0.39 is 0 Å². The van der Waals surface area contributed by atoms with E-state index in [0.717, 1.165) is 16.7 Å². The molecule has 2 rings (SSSR count). The van der Waals surface area contributed by atoms with Gasteiger partial charge in [0.2, 0.25) is 0 Å². The van der Waals surface area contributed by atoms with Gasteiger partial charge in [0, 0.05) is 5.69 Å². The number of imidazole rings is 1. The Kier molecular flexibility index (Phi) is 1.99. The Hall–Kier alpha value is -2.15. The number of aromatic amines is 2. The zero-order valence-electron chi connectivity index (χ0n) is 7.42. The van der Waals surface area contributed by atoms with Gasteiger partial charge in [0.1, 0.15) is 0 Å². The molecule has 0 saturated carbocycles. The lowest BCUT2D eigenvalue weighted by Gasteiger charge is -2.00. The fraction of sp³-hybridized carbons (Fsp3) is 0.100. The molecule has 14 heavy (non-hydrogen) atoms. The van der Waals surface area contributed by atoms with Crippen LogP contribution in [0.5, 0.6) is 0 Å². The highest BCUT2D eigenvalue weighted by molar-refractivity contribution is 5.78. The number of anilines is 1. The van der Waals surface area contributed by atoms with Crippen LogP contribution in [0.4, 0.5) is 5.69 Å². The molecule has 2 aromatic rings. The van der Waals surface area contributed by atoms with E-state index in [1.54, 1.807) is 0 Å². The minimum absolute atomic E-state index is 0.200. The number of aromatic nitrogens is 2. The number of terminal acetylenes is 1. The van der Waals surface area contributed by atoms with E-state index in [1.165, 1.54) is 0 Å². The quantitative estimate of drug-likeness (QED) is 0.612. The zero-order valence-corrected chi connectivity index (χ0v) is 7.42. The Morgan fingerprint density at radius 2 is 2.14 bits per heavy atom. The second-order valence-corrected chi connectivity index (χ2v) is 2.90. The normalized spacial score (nSPS) is 9.93. The van der Waals surface area contributed by atoms with E-state index in [9.17, 15) is 4.79 Å². The molecule has 4 heteroatoms. The molecular formula is C10H9N3O. The van der Waals surface area contributed by atoms with Gasteiger partial charge in [-0.1, -0.05) is 5.92 Å². The van der Waals surface area contributed by atoms with Crippen LogP contribution in [-0.2, 0) is 0 Å². The molecule has 0 amide bonds. The summed E-state index contributed by atoms with van der Waals surface area (Å²) in [5, 5.41) is 3.02.